The van der Waals surface area contributed by atoms with Crippen molar-refractivity contribution in [2.75, 3.05) is 14.1 Å². The number of carbonyl (C=O) groups excluding carboxylic acids is 1. The quantitative estimate of drug-likeness (QED) is 0.868. The SMILES string of the molecule is CNC(=O)c1ccc(C[NH+](C)Cc2ccc(C#N)cc2)cc1. The maximum absolute atomic E-state index is 11.5. The fourth-order valence-electron chi connectivity index (χ4n) is 2.37. The lowest BCUT2D eigenvalue weighted by Gasteiger charge is -2.14. The molecule has 2 rings (SSSR count). The Labute approximate surface area is 131 Å². The lowest BCUT2D eigenvalue weighted by Crippen LogP contribution is -3.06. The van der Waals surface area contributed by atoms with Crippen LogP contribution in [-0.2, 0) is 13.1 Å². The zero-order chi connectivity index (χ0) is 15.9. The highest BCUT2D eigenvalue weighted by Crippen LogP contribution is 2.04. The largest absolute Gasteiger partial charge is 0.355 e. The molecule has 2 aromatic rings. The maximum Gasteiger partial charge on any atom is 0.251 e. The van der Waals surface area contributed by atoms with Gasteiger partial charge in [0.25, 0.3) is 5.91 Å². The molecule has 2 N–H and O–H groups in total. The summed E-state index contributed by atoms with van der Waals surface area (Å²) in [6, 6.07) is 17.5. The van der Waals surface area contributed by atoms with E-state index in [1.807, 2.05) is 48.5 Å². The molecule has 0 saturated carbocycles. The molecule has 0 saturated heterocycles. The zero-order valence-electron chi connectivity index (χ0n) is 12.9. The average Bonchev–Trinajstić information content (AvgIpc) is 2.55. The van der Waals surface area contributed by atoms with Crippen LogP contribution in [0.1, 0.15) is 27.0 Å². The van der Waals surface area contributed by atoms with Gasteiger partial charge in [-0.3, -0.25) is 4.79 Å². The summed E-state index contributed by atoms with van der Waals surface area (Å²) in [5.41, 5.74) is 3.76. The van der Waals surface area contributed by atoms with Crippen LogP contribution < -0.4 is 10.2 Å². The molecule has 4 nitrogen and oxygen atoms in total. The minimum Gasteiger partial charge on any atom is -0.355 e. The van der Waals surface area contributed by atoms with Crippen LogP contribution in [0.5, 0.6) is 0 Å². The molecule has 0 radical (unpaired) electrons. The van der Waals surface area contributed by atoms with Gasteiger partial charge in [0.1, 0.15) is 13.1 Å². The van der Waals surface area contributed by atoms with Crippen molar-refractivity contribution in [1.29, 1.82) is 5.26 Å². The van der Waals surface area contributed by atoms with Crippen molar-refractivity contribution in [3.63, 3.8) is 0 Å². The average molecular weight is 294 g/mol. The normalized spacial score (nSPS) is 11.5. The molecular formula is C18H20N3O+. The van der Waals surface area contributed by atoms with Crippen molar-refractivity contribution in [3.8, 4) is 6.07 Å². The van der Waals surface area contributed by atoms with Crippen molar-refractivity contribution in [2.45, 2.75) is 13.1 Å². The topological polar surface area (TPSA) is 57.3 Å². The number of nitrogens with zero attached hydrogens (tertiary/aromatic N) is 1. The molecule has 0 aromatic heterocycles. The third-order valence-corrected chi connectivity index (χ3v) is 3.54. The van der Waals surface area contributed by atoms with Crippen LogP contribution in [0.3, 0.4) is 0 Å². The van der Waals surface area contributed by atoms with Crippen LogP contribution >= 0.6 is 0 Å². The van der Waals surface area contributed by atoms with Gasteiger partial charge in [0, 0.05) is 23.7 Å². The molecule has 0 bridgehead atoms. The van der Waals surface area contributed by atoms with Gasteiger partial charge in [-0.1, -0.05) is 24.3 Å². The first-order valence-corrected chi connectivity index (χ1v) is 7.23. The van der Waals surface area contributed by atoms with Crippen LogP contribution in [0, 0.1) is 11.3 Å². The third-order valence-electron chi connectivity index (χ3n) is 3.54. The van der Waals surface area contributed by atoms with E-state index in [2.05, 4.69) is 18.4 Å². The number of rotatable bonds is 5. The first-order valence-electron chi connectivity index (χ1n) is 7.23. The molecule has 0 aliphatic heterocycles. The second kappa shape index (κ2) is 7.39. The van der Waals surface area contributed by atoms with E-state index in [9.17, 15) is 4.79 Å². The number of carbonyl (C=O) groups is 1. The smallest absolute Gasteiger partial charge is 0.251 e. The van der Waals surface area contributed by atoms with E-state index in [4.69, 9.17) is 5.26 Å². The number of hydrogen-bond donors (Lipinski definition) is 2. The molecule has 0 aliphatic carbocycles. The summed E-state index contributed by atoms with van der Waals surface area (Å²) in [4.78, 5) is 12.8. The molecule has 0 heterocycles. The highest BCUT2D eigenvalue weighted by molar-refractivity contribution is 5.93. The first-order chi connectivity index (χ1) is 10.6. The summed E-state index contributed by atoms with van der Waals surface area (Å²) < 4.78 is 0. The predicted molar refractivity (Wildman–Crippen MR) is 85.3 cm³/mol. The first kappa shape index (κ1) is 15.7. The van der Waals surface area contributed by atoms with E-state index in [0.717, 1.165) is 13.1 Å². The number of quaternary nitrogens is 1. The van der Waals surface area contributed by atoms with Gasteiger partial charge in [-0.15, -0.1) is 0 Å². The van der Waals surface area contributed by atoms with Crippen LogP contribution in [0.25, 0.3) is 0 Å². The van der Waals surface area contributed by atoms with Crippen LogP contribution in [0.15, 0.2) is 48.5 Å². The van der Waals surface area contributed by atoms with Crippen LogP contribution in [-0.4, -0.2) is 20.0 Å². The Morgan fingerprint density at radius 2 is 1.55 bits per heavy atom. The fraction of sp³-hybridized carbons (Fsp3) is 0.222. The molecule has 0 fully saturated rings. The second-order valence-corrected chi connectivity index (χ2v) is 5.40. The molecule has 1 amide bonds. The van der Waals surface area contributed by atoms with Crippen LogP contribution in [0.4, 0.5) is 0 Å². The Bertz CT molecular complexity index is 669. The monoisotopic (exact) mass is 294 g/mol. The number of benzene rings is 2. The second-order valence-electron chi connectivity index (χ2n) is 5.40. The minimum absolute atomic E-state index is 0.0650. The maximum atomic E-state index is 11.5. The highest BCUT2D eigenvalue weighted by atomic mass is 16.1. The fourth-order valence-corrected chi connectivity index (χ4v) is 2.37. The Morgan fingerprint density at radius 1 is 1.05 bits per heavy atom. The van der Waals surface area contributed by atoms with E-state index >= 15 is 0 Å². The van der Waals surface area contributed by atoms with Gasteiger partial charge in [0.15, 0.2) is 0 Å². The highest BCUT2D eigenvalue weighted by Gasteiger charge is 2.07. The van der Waals surface area contributed by atoms with Gasteiger partial charge in [0.05, 0.1) is 18.7 Å². The van der Waals surface area contributed by atoms with Gasteiger partial charge in [0.2, 0.25) is 0 Å². The van der Waals surface area contributed by atoms with Gasteiger partial charge >= 0.3 is 0 Å². The van der Waals surface area contributed by atoms with Gasteiger partial charge in [-0.2, -0.15) is 5.26 Å². The Kier molecular flexibility index (Phi) is 5.29. The molecule has 112 valence electrons. The zero-order valence-corrected chi connectivity index (χ0v) is 12.9. The van der Waals surface area contributed by atoms with E-state index < -0.39 is 0 Å². The third kappa shape index (κ3) is 4.18. The van der Waals surface area contributed by atoms with Crippen LogP contribution in [0.2, 0.25) is 0 Å². The van der Waals surface area contributed by atoms with E-state index in [-0.39, 0.29) is 5.91 Å². The number of nitrogens with one attached hydrogen (secondary N) is 2. The summed E-state index contributed by atoms with van der Waals surface area (Å²) in [5, 5.41) is 11.4. The Morgan fingerprint density at radius 3 is 2.00 bits per heavy atom. The van der Waals surface area contributed by atoms with Crippen molar-refractivity contribution in [1.82, 2.24) is 5.32 Å². The standard InChI is InChI=1S/C18H19N3O/c1-20-18(22)17-9-7-16(8-10-17)13-21(2)12-15-5-3-14(11-19)4-6-15/h3-10H,12-13H2,1-2H3,(H,20,22)/p+1. The number of amides is 1. The number of hydrogen-bond acceptors (Lipinski definition) is 2. The molecule has 1 atom stereocenters. The predicted octanol–water partition coefficient (Wildman–Crippen LogP) is 1.13. The molecule has 2 aromatic carbocycles. The lowest BCUT2D eigenvalue weighted by molar-refractivity contribution is -0.907. The summed E-state index contributed by atoms with van der Waals surface area (Å²) in [6.45, 7) is 1.77. The van der Waals surface area contributed by atoms with Crippen molar-refractivity contribution in [3.05, 3.63) is 70.8 Å². The van der Waals surface area contributed by atoms with Gasteiger partial charge in [-0.25, -0.2) is 0 Å². The molecule has 4 heteroatoms. The van der Waals surface area contributed by atoms with Crippen molar-refractivity contribution in [2.24, 2.45) is 0 Å². The summed E-state index contributed by atoms with van der Waals surface area (Å²) in [6.07, 6.45) is 0. The Hall–Kier alpha value is -2.64. The van der Waals surface area contributed by atoms with Crippen molar-refractivity contribution >= 4 is 5.91 Å². The Balaban J connectivity index is 1.95. The lowest BCUT2D eigenvalue weighted by atomic mass is 10.1. The minimum atomic E-state index is -0.0650. The van der Waals surface area contributed by atoms with E-state index in [0.29, 0.717) is 11.1 Å². The molecular weight excluding hydrogens is 274 g/mol. The number of nitriles is 1. The van der Waals surface area contributed by atoms with Crippen molar-refractivity contribution < 1.29 is 9.69 Å². The van der Waals surface area contributed by atoms with Gasteiger partial charge < -0.3 is 10.2 Å². The summed E-state index contributed by atoms with van der Waals surface area (Å²) in [5.74, 6) is -0.0650. The summed E-state index contributed by atoms with van der Waals surface area (Å²) in [7, 11) is 3.76. The van der Waals surface area contributed by atoms with Gasteiger partial charge in [-0.05, 0) is 24.3 Å². The molecule has 22 heavy (non-hydrogen) atoms. The molecule has 1 unspecified atom stereocenters. The molecule has 0 aliphatic rings. The summed E-state index contributed by atoms with van der Waals surface area (Å²) >= 11 is 0. The molecule has 0 spiro atoms. The van der Waals surface area contributed by atoms with E-state index in [1.54, 1.807) is 7.05 Å². The van der Waals surface area contributed by atoms with E-state index in [1.165, 1.54) is 16.0 Å².